The second kappa shape index (κ2) is 6.50. The largest absolute Gasteiger partial charge is 0.338 e. The maximum Gasteiger partial charge on any atom is 0.222 e. The molecule has 1 aliphatic heterocycles. The van der Waals surface area contributed by atoms with E-state index in [1.165, 1.54) is 12.8 Å². The van der Waals surface area contributed by atoms with E-state index in [1.54, 1.807) is 6.20 Å². The summed E-state index contributed by atoms with van der Waals surface area (Å²) < 4.78 is 0. The lowest BCUT2D eigenvalue weighted by Crippen LogP contribution is -2.32. The number of nitrogens with zero attached hydrogens (tertiary/aromatic N) is 2. The summed E-state index contributed by atoms with van der Waals surface area (Å²) in [7, 11) is 0. The molecule has 0 saturated carbocycles. The van der Waals surface area contributed by atoms with Gasteiger partial charge >= 0.3 is 0 Å². The lowest BCUT2D eigenvalue weighted by atomic mass is 10.1. The fourth-order valence-corrected chi connectivity index (χ4v) is 2.34. The van der Waals surface area contributed by atoms with Crippen LogP contribution in [0.15, 0.2) is 18.3 Å². The van der Waals surface area contributed by atoms with Crippen LogP contribution in [0.1, 0.15) is 43.4 Å². The van der Waals surface area contributed by atoms with Gasteiger partial charge in [-0.15, -0.1) is 0 Å². The zero-order valence-corrected chi connectivity index (χ0v) is 10.8. The van der Waals surface area contributed by atoms with Gasteiger partial charge in [-0.05, 0) is 30.5 Å². The van der Waals surface area contributed by atoms with Gasteiger partial charge in [0.1, 0.15) is 0 Å². The van der Waals surface area contributed by atoms with Crippen molar-refractivity contribution in [3.8, 4) is 0 Å². The molecular formula is C14H21N3O. The Kier molecular flexibility index (Phi) is 4.70. The van der Waals surface area contributed by atoms with Gasteiger partial charge < -0.3 is 10.6 Å². The zero-order valence-electron chi connectivity index (χ0n) is 10.8. The minimum atomic E-state index is 0.279. The van der Waals surface area contributed by atoms with Gasteiger partial charge in [0, 0.05) is 32.3 Å². The van der Waals surface area contributed by atoms with Gasteiger partial charge in [-0.1, -0.05) is 12.8 Å². The van der Waals surface area contributed by atoms with Gasteiger partial charge in [0.05, 0.1) is 5.69 Å². The van der Waals surface area contributed by atoms with Gasteiger partial charge in [-0.3, -0.25) is 9.78 Å². The summed E-state index contributed by atoms with van der Waals surface area (Å²) in [5, 5.41) is 0. The molecule has 0 unspecified atom stereocenters. The van der Waals surface area contributed by atoms with Crippen molar-refractivity contribution >= 4 is 5.91 Å². The Morgan fingerprint density at radius 1 is 1.28 bits per heavy atom. The van der Waals surface area contributed by atoms with Crippen LogP contribution in [0.2, 0.25) is 0 Å². The molecule has 2 N–H and O–H groups in total. The van der Waals surface area contributed by atoms with Crippen LogP contribution in [-0.4, -0.2) is 22.3 Å². The van der Waals surface area contributed by atoms with Gasteiger partial charge in [0.15, 0.2) is 0 Å². The van der Waals surface area contributed by atoms with Crippen LogP contribution in [0.4, 0.5) is 0 Å². The molecule has 1 aliphatic rings. The van der Waals surface area contributed by atoms with Crippen LogP contribution < -0.4 is 5.73 Å². The van der Waals surface area contributed by atoms with E-state index in [4.69, 9.17) is 5.73 Å². The van der Waals surface area contributed by atoms with Crippen LogP contribution in [0.3, 0.4) is 0 Å². The lowest BCUT2D eigenvalue weighted by molar-refractivity contribution is -0.132. The first-order chi connectivity index (χ1) is 8.79. The van der Waals surface area contributed by atoms with Crippen molar-refractivity contribution in [3.63, 3.8) is 0 Å². The number of likely N-dealkylation sites (tertiary alicyclic amines) is 1. The fourth-order valence-electron chi connectivity index (χ4n) is 2.34. The predicted octanol–water partition coefficient (Wildman–Crippen LogP) is 1.83. The molecule has 1 aromatic heterocycles. The molecule has 1 amide bonds. The standard InChI is InChI=1S/C14H21N3O/c15-10-13-9-12(6-7-16-13)11-17-8-4-2-1-3-5-14(17)18/h6-7,9H,1-5,8,10-11,15H2. The molecule has 2 heterocycles. The molecule has 0 radical (unpaired) electrons. The Morgan fingerprint density at radius 3 is 2.94 bits per heavy atom. The van der Waals surface area contributed by atoms with Gasteiger partial charge in [0.25, 0.3) is 0 Å². The summed E-state index contributed by atoms with van der Waals surface area (Å²) in [6, 6.07) is 3.96. The Balaban J connectivity index is 2.03. The first-order valence-electron chi connectivity index (χ1n) is 6.71. The van der Waals surface area contributed by atoms with Crippen LogP contribution in [0.25, 0.3) is 0 Å². The smallest absolute Gasteiger partial charge is 0.222 e. The highest BCUT2D eigenvalue weighted by Gasteiger charge is 2.15. The quantitative estimate of drug-likeness (QED) is 0.886. The molecule has 0 aliphatic carbocycles. The molecule has 1 aromatic rings. The number of pyridine rings is 1. The number of carbonyl (C=O) groups is 1. The molecule has 0 spiro atoms. The number of carbonyl (C=O) groups excluding carboxylic acids is 1. The van der Waals surface area contributed by atoms with E-state index in [0.717, 1.165) is 30.6 Å². The molecule has 18 heavy (non-hydrogen) atoms. The van der Waals surface area contributed by atoms with Crippen molar-refractivity contribution in [1.29, 1.82) is 0 Å². The molecule has 0 bridgehead atoms. The summed E-state index contributed by atoms with van der Waals surface area (Å²) in [6.07, 6.45) is 7.02. The molecule has 1 saturated heterocycles. The third kappa shape index (κ3) is 3.53. The number of aromatic nitrogens is 1. The van der Waals surface area contributed by atoms with Crippen molar-refractivity contribution in [1.82, 2.24) is 9.88 Å². The van der Waals surface area contributed by atoms with E-state index >= 15 is 0 Å². The van der Waals surface area contributed by atoms with Crippen molar-refractivity contribution in [3.05, 3.63) is 29.6 Å². The Bertz CT molecular complexity index is 406. The highest BCUT2D eigenvalue weighted by molar-refractivity contribution is 5.76. The van der Waals surface area contributed by atoms with Crippen LogP contribution in [0, 0.1) is 0 Å². The molecule has 4 nitrogen and oxygen atoms in total. The number of hydrogen-bond acceptors (Lipinski definition) is 3. The van der Waals surface area contributed by atoms with E-state index < -0.39 is 0 Å². The lowest BCUT2D eigenvalue weighted by Gasteiger charge is -2.25. The molecule has 0 atom stereocenters. The van der Waals surface area contributed by atoms with E-state index in [1.807, 2.05) is 17.0 Å². The SMILES string of the molecule is NCc1cc(CN2CCCCCCC2=O)ccn1. The van der Waals surface area contributed by atoms with Gasteiger partial charge in [-0.25, -0.2) is 0 Å². The number of nitrogens with two attached hydrogens (primary N) is 1. The summed E-state index contributed by atoms with van der Waals surface area (Å²) in [5.41, 5.74) is 7.59. The number of rotatable bonds is 3. The fraction of sp³-hybridized carbons (Fsp3) is 0.571. The highest BCUT2D eigenvalue weighted by atomic mass is 16.2. The maximum atomic E-state index is 12.0. The van der Waals surface area contributed by atoms with Crippen LogP contribution in [-0.2, 0) is 17.9 Å². The summed E-state index contributed by atoms with van der Waals surface area (Å²) in [5.74, 6) is 0.279. The molecular weight excluding hydrogens is 226 g/mol. The van der Waals surface area contributed by atoms with Crippen LogP contribution >= 0.6 is 0 Å². The van der Waals surface area contributed by atoms with Crippen LogP contribution in [0.5, 0.6) is 0 Å². The van der Waals surface area contributed by atoms with Crippen molar-refractivity contribution in [2.75, 3.05) is 6.54 Å². The molecule has 98 valence electrons. The molecule has 1 fully saturated rings. The normalized spacial score (nSPS) is 17.4. The second-order valence-electron chi connectivity index (χ2n) is 4.84. The summed E-state index contributed by atoms with van der Waals surface area (Å²) in [4.78, 5) is 18.2. The first-order valence-corrected chi connectivity index (χ1v) is 6.71. The van der Waals surface area contributed by atoms with E-state index in [2.05, 4.69) is 4.98 Å². The third-order valence-corrected chi connectivity index (χ3v) is 3.38. The maximum absolute atomic E-state index is 12.0. The topological polar surface area (TPSA) is 59.2 Å². The third-order valence-electron chi connectivity index (χ3n) is 3.38. The van der Waals surface area contributed by atoms with E-state index in [9.17, 15) is 4.79 Å². The Morgan fingerprint density at radius 2 is 2.11 bits per heavy atom. The molecule has 0 aromatic carbocycles. The minimum absolute atomic E-state index is 0.279. The van der Waals surface area contributed by atoms with Gasteiger partial charge in [0.2, 0.25) is 5.91 Å². The summed E-state index contributed by atoms with van der Waals surface area (Å²) in [6.45, 7) is 2.01. The Labute approximate surface area is 108 Å². The average Bonchev–Trinajstić information content (AvgIpc) is 2.39. The van der Waals surface area contributed by atoms with Crippen molar-refractivity contribution in [2.24, 2.45) is 5.73 Å². The monoisotopic (exact) mass is 247 g/mol. The minimum Gasteiger partial charge on any atom is -0.338 e. The second-order valence-corrected chi connectivity index (χ2v) is 4.84. The first kappa shape index (κ1) is 13.0. The molecule has 4 heteroatoms. The zero-order chi connectivity index (χ0) is 12.8. The van der Waals surface area contributed by atoms with Gasteiger partial charge in [-0.2, -0.15) is 0 Å². The predicted molar refractivity (Wildman–Crippen MR) is 70.6 cm³/mol. The molecule has 2 rings (SSSR count). The van der Waals surface area contributed by atoms with Crippen molar-refractivity contribution in [2.45, 2.75) is 45.2 Å². The number of hydrogen-bond donors (Lipinski definition) is 1. The number of amides is 1. The Hall–Kier alpha value is -1.42. The van der Waals surface area contributed by atoms with E-state index in [-0.39, 0.29) is 5.91 Å². The average molecular weight is 247 g/mol. The highest BCUT2D eigenvalue weighted by Crippen LogP contribution is 2.14. The van der Waals surface area contributed by atoms with Crippen molar-refractivity contribution < 1.29 is 4.79 Å². The summed E-state index contributed by atoms with van der Waals surface area (Å²) >= 11 is 0. The van der Waals surface area contributed by atoms with E-state index in [0.29, 0.717) is 19.5 Å².